The second-order valence-electron chi connectivity index (χ2n) is 6.60. The Morgan fingerprint density at radius 1 is 1.08 bits per heavy atom. The molecule has 2 aliphatic heterocycles. The molecule has 0 bridgehead atoms. The van der Waals surface area contributed by atoms with E-state index in [4.69, 9.17) is 5.11 Å². The van der Waals surface area contributed by atoms with Gasteiger partial charge in [0.15, 0.2) is 0 Å². The van der Waals surface area contributed by atoms with E-state index in [1.807, 2.05) is 0 Å². The number of hydrogen-bond donors (Lipinski definition) is 2. The van der Waals surface area contributed by atoms with Gasteiger partial charge in [-0.1, -0.05) is 0 Å². The number of aromatic nitrogens is 1. The Balaban J connectivity index is 1.73. The lowest BCUT2D eigenvalue weighted by atomic mass is 9.96. The van der Waals surface area contributed by atoms with Crippen molar-refractivity contribution in [3.05, 3.63) is 23.5 Å². The average molecular weight is 373 g/mol. The molecule has 2 atom stereocenters. The first kappa shape index (κ1) is 18.3. The van der Waals surface area contributed by atoms with Crippen LogP contribution in [0.25, 0.3) is 0 Å². The molecule has 0 saturated carbocycles. The van der Waals surface area contributed by atoms with Crippen molar-refractivity contribution in [1.29, 1.82) is 0 Å². The highest BCUT2D eigenvalue weighted by atomic mass is 19.4. The third-order valence-electron chi connectivity index (χ3n) is 4.90. The lowest BCUT2D eigenvalue weighted by Gasteiger charge is -2.18. The van der Waals surface area contributed by atoms with Crippen molar-refractivity contribution in [2.75, 3.05) is 26.2 Å². The molecule has 0 aliphatic carbocycles. The maximum atomic E-state index is 13.0. The first-order valence-electron chi connectivity index (χ1n) is 8.25. The van der Waals surface area contributed by atoms with Gasteiger partial charge in [-0.05, 0) is 18.9 Å². The molecule has 7 nitrogen and oxygen atoms in total. The molecule has 10 heteroatoms. The van der Waals surface area contributed by atoms with Gasteiger partial charge in [0.05, 0.1) is 17.4 Å². The summed E-state index contributed by atoms with van der Waals surface area (Å²) in [6.45, 7) is 0.0282. The Labute approximate surface area is 146 Å². The van der Waals surface area contributed by atoms with Crippen LogP contribution in [0.2, 0.25) is 0 Å². The molecule has 1 aromatic heterocycles. The maximum Gasteiger partial charge on any atom is 0.394 e. The van der Waals surface area contributed by atoms with E-state index >= 15 is 0 Å². The Kier molecular flexibility index (Phi) is 4.68. The number of carboxylic acid groups (broad SMARTS) is 1. The van der Waals surface area contributed by atoms with E-state index in [1.165, 1.54) is 12.3 Å². The minimum atomic E-state index is -4.70. The number of carbonyl (C=O) groups excluding carboxylic acids is 2. The first-order valence-corrected chi connectivity index (χ1v) is 8.25. The molecular weight excluding hydrogens is 355 g/mol. The molecule has 2 amide bonds. The zero-order valence-corrected chi connectivity index (χ0v) is 13.8. The minimum Gasteiger partial charge on any atom is -0.481 e. The fourth-order valence-corrected chi connectivity index (χ4v) is 3.47. The van der Waals surface area contributed by atoms with Crippen LogP contribution in [0.1, 0.15) is 33.7 Å². The van der Waals surface area contributed by atoms with Gasteiger partial charge in [-0.2, -0.15) is 13.2 Å². The summed E-state index contributed by atoms with van der Waals surface area (Å²) in [6, 6.07) is 1.31. The molecule has 2 aliphatic rings. The van der Waals surface area contributed by atoms with Crippen LogP contribution in [0.4, 0.5) is 13.2 Å². The minimum absolute atomic E-state index is 0.0412. The number of halogens is 3. The van der Waals surface area contributed by atoms with Crippen molar-refractivity contribution in [2.45, 2.75) is 19.0 Å². The van der Waals surface area contributed by atoms with Crippen molar-refractivity contribution >= 4 is 17.8 Å². The molecule has 0 aromatic carbocycles. The summed E-state index contributed by atoms with van der Waals surface area (Å²) in [6.07, 6.45) is -1.63. The quantitative estimate of drug-likeness (QED) is 0.841. The highest BCUT2D eigenvalue weighted by molar-refractivity contribution is 5.99. The van der Waals surface area contributed by atoms with Crippen LogP contribution < -0.4 is 0 Å². The zero-order valence-electron chi connectivity index (χ0n) is 13.8. The molecule has 26 heavy (non-hydrogen) atoms. The number of amides is 2. The third kappa shape index (κ3) is 3.40. The number of aromatic amines is 1. The number of nitrogens with one attached hydrogen (secondary N) is 1. The van der Waals surface area contributed by atoms with E-state index < -0.39 is 43.0 Å². The van der Waals surface area contributed by atoms with E-state index in [0.717, 1.165) is 17.7 Å². The number of likely N-dealkylation sites (tertiary alicyclic amines) is 2. The summed E-state index contributed by atoms with van der Waals surface area (Å²) in [7, 11) is 0. The van der Waals surface area contributed by atoms with E-state index in [0.29, 0.717) is 13.1 Å². The van der Waals surface area contributed by atoms with Gasteiger partial charge in [-0.3, -0.25) is 14.4 Å². The number of carbonyl (C=O) groups is 3. The van der Waals surface area contributed by atoms with Gasteiger partial charge in [0.25, 0.3) is 11.8 Å². The topological polar surface area (TPSA) is 93.7 Å². The molecule has 142 valence electrons. The summed E-state index contributed by atoms with van der Waals surface area (Å²) in [4.78, 5) is 41.0. The molecule has 3 rings (SSSR count). The van der Waals surface area contributed by atoms with E-state index in [9.17, 15) is 27.6 Å². The Morgan fingerprint density at radius 3 is 2.27 bits per heavy atom. The number of alkyl halides is 3. The van der Waals surface area contributed by atoms with Crippen LogP contribution in [-0.4, -0.2) is 70.0 Å². The largest absolute Gasteiger partial charge is 0.481 e. The number of hydrogen-bond acceptors (Lipinski definition) is 3. The van der Waals surface area contributed by atoms with Gasteiger partial charge in [0.2, 0.25) is 0 Å². The summed E-state index contributed by atoms with van der Waals surface area (Å²) in [5.41, 5.74) is 0.233. The van der Waals surface area contributed by atoms with Crippen LogP contribution in [0, 0.1) is 11.8 Å². The summed E-state index contributed by atoms with van der Waals surface area (Å²) in [5, 5.41) is 9.02. The fourth-order valence-electron chi connectivity index (χ4n) is 3.47. The first-order chi connectivity index (χ1) is 12.2. The SMILES string of the molecule is O=C(O)[C@@H]1CN(C(=O)c2c[nH]c(C(=O)N3CCCC3)c2)C[C@H]1C(F)(F)F. The number of nitrogens with zero attached hydrogens (tertiary/aromatic N) is 2. The van der Waals surface area contributed by atoms with Crippen LogP contribution >= 0.6 is 0 Å². The lowest BCUT2D eigenvalue weighted by molar-refractivity contribution is -0.187. The second-order valence-corrected chi connectivity index (χ2v) is 6.60. The van der Waals surface area contributed by atoms with Crippen molar-refractivity contribution in [3.63, 3.8) is 0 Å². The molecule has 0 spiro atoms. The Morgan fingerprint density at radius 2 is 1.73 bits per heavy atom. The van der Waals surface area contributed by atoms with Gasteiger partial charge in [0.1, 0.15) is 5.69 Å². The van der Waals surface area contributed by atoms with Gasteiger partial charge < -0.3 is 19.9 Å². The third-order valence-corrected chi connectivity index (χ3v) is 4.90. The number of aliphatic carboxylic acids is 1. The Bertz CT molecular complexity index is 725. The van der Waals surface area contributed by atoms with Crippen LogP contribution in [0.5, 0.6) is 0 Å². The van der Waals surface area contributed by atoms with Gasteiger partial charge in [-0.25, -0.2) is 0 Å². The van der Waals surface area contributed by atoms with Crippen LogP contribution in [-0.2, 0) is 4.79 Å². The maximum absolute atomic E-state index is 13.0. The number of H-pyrrole nitrogens is 1. The van der Waals surface area contributed by atoms with E-state index in [1.54, 1.807) is 4.90 Å². The summed E-state index contributed by atoms with van der Waals surface area (Å²) >= 11 is 0. The zero-order chi connectivity index (χ0) is 19.1. The molecule has 0 unspecified atom stereocenters. The predicted octanol–water partition coefficient (Wildman–Crippen LogP) is 1.59. The predicted molar refractivity (Wildman–Crippen MR) is 82.5 cm³/mol. The van der Waals surface area contributed by atoms with E-state index in [-0.39, 0.29) is 17.2 Å². The standard InChI is InChI=1S/C16H18F3N3O4/c17-16(18,19)11-8-22(7-10(11)15(25)26)13(23)9-5-12(20-6-9)14(24)21-3-1-2-4-21/h5-6,10-11,20H,1-4,7-8H2,(H,25,26)/t10-,11-/m1/s1. The van der Waals surface area contributed by atoms with E-state index in [2.05, 4.69) is 4.98 Å². The van der Waals surface area contributed by atoms with Crippen molar-refractivity contribution in [2.24, 2.45) is 11.8 Å². The number of carboxylic acids is 1. The molecule has 0 radical (unpaired) electrons. The monoisotopic (exact) mass is 373 g/mol. The fraction of sp³-hybridized carbons (Fsp3) is 0.562. The van der Waals surface area contributed by atoms with Gasteiger partial charge in [-0.15, -0.1) is 0 Å². The highest BCUT2D eigenvalue weighted by Gasteiger charge is 2.53. The van der Waals surface area contributed by atoms with Gasteiger partial charge in [0, 0.05) is 32.4 Å². The molecule has 1 aromatic rings. The second kappa shape index (κ2) is 6.65. The normalized spacial score (nSPS) is 23.5. The van der Waals surface area contributed by atoms with Crippen molar-refractivity contribution in [3.8, 4) is 0 Å². The summed E-state index contributed by atoms with van der Waals surface area (Å²) in [5.74, 6) is -6.36. The van der Waals surface area contributed by atoms with Crippen molar-refractivity contribution in [1.82, 2.24) is 14.8 Å². The van der Waals surface area contributed by atoms with Gasteiger partial charge >= 0.3 is 12.1 Å². The highest BCUT2D eigenvalue weighted by Crippen LogP contribution is 2.38. The Hall–Kier alpha value is -2.52. The van der Waals surface area contributed by atoms with Crippen LogP contribution in [0.3, 0.4) is 0 Å². The average Bonchev–Trinajstić information content (AvgIpc) is 3.32. The number of rotatable bonds is 3. The molecule has 2 saturated heterocycles. The smallest absolute Gasteiger partial charge is 0.394 e. The molecule has 2 fully saturated rings. The van der Waals surface area contributed by atoms with Crippen molar-refractivity contribution < 1.29 is 32.7 Å². The summed E-state index contributed by atoms with van der Waals surface area (Å²) < 4.78 is 39.1. The molecule has 2 N–H and O–H groups in total. The lowest BCUT2D eigenvalue weighted by Crippen LogP contribution is -2.34. The molecule has 3 heterocycles. The molecular formula is C16H18F3N3O4. The van der Waals surface area contributed by atoms with Crippen LogP contribution in [0.15, 0.2) is 12.3 Å².